The fraction of sp³-hybridized carbons (Fsp3) is 0.154. The summed E-state index contributed by atoms with van der Waals surface area (Å²) >= 11 is 13.3. The van der Waals surface area contributed by atoms with E-state index in [-0.39, 0.29) is 32.2 Å². The van der Waals surface area contributed by atoms with Gasteiger partial charge in [-0.3, -0.25) is 14.5 Å². The predicted octanol–water partition coefficient (Wildman–Crippen LogP) is 6.12. The number of ether oxygens (including phenoxy) is 1. The van der Waals surface area contributed by atoms with Crippen LogP contribution in [0.3, 0.4) is 0 Å². The van der Waals surface area contributed by atoms with Gasteiger partial charge in [0.1, 0.15) is 4.88 Å². The van der Waals surface area contributed by atoms with Gasteiger partial charge in [0.2, 0.25) is 0 Å². The number of carbonyl (C=O) groups excluding carboxylic acids is 3. The minimum absolute atomic E-state index is 0.123. The molecule has 1 unspecified atom stereocenters. The lowest BCUT2D eigenvalue weighted by Gasteiger charge is -2.24. The van der Waals surface area contributed by atoms with Crippen LogP contribution in [0, 0.1) is 6.92 Å². The van der Waals surface area contributed by atoms with Gasteiger partial charge in [-0.2, -0.15) is 0 Å². The second-order valence-corrected chi connectivity index (χ2v) is 9.55. The standard InChI is InChI=1S/C26H20Cl2N2O5S/c1-3-35-25(34)23-14(2)29-26(36-23)30-21(16-10-11-17(27)18(28)13-16)20(22(32)24(30)33)19(31)12-9-15-7-5-4-6-8-15/h4-13,21,32H,3H2,1-2H3/b12-9+. The highest BCUT2D eigenvalue weighted by atomic mass is 35.5. The largest absolute Gasteiger partial charge is 0.503 e. The van der Waals surface area contributed by atoms with E-state index >= 15 is 0 Å². The Morgan fingerprint density at radius 2 is 1.89 bits per heavy atom. The third kappa shape index (κ3) is 4.93. The van der Waals surface area contributed by atoms with E-state index in [4.69, 9.17) is 27.9 Å². The van der Waals surface area contributed by atoms with E-state index in [1.807, 2.05) is 30.3 Å². The Balaban J connectivity index is 1.81. The van der Waals surface area contributed by atoms with Crippen molar-refractivity contribution in [2.75, 3.05) is 11.5 Å². The number of ketones is 1. The number of amides is 1. The number of nitrogens with zero attached hydrogens (tertiary/aromatic N) is 2. The van der Waals surface area contributed by atoms with E-state index in [0.29, 0.717) is 11.3 Å². The fourth-order valence-corrected chi connectivity index (χ4v) is 5.04. The number of esters is 1. The van der Waals surface area contributed by atoms with Gasteiger partial charge in [0.05, 0.1) is 34.0 Å². The Morgan fingerprint density at radius 3 is 2.56 bits per heavy atom. The Morgan fingerprint density at radius 1 is 1.17 bits per heavy atom. The molecule has 0 aliphatic carbocycles. The first-order valence-electron chi connectivity index (χ1n) is 10.9. The van der Waals surface area contributed by atoms with E-state index in [9.17, 15) is 19.5 Å². The zero-order valence-electron chi connectivity index (χ0n) is 19.2. The molecule has 10 heteroatoms. The molecule has 1 atom stereocenters. The highest BCUT2D eigenvalue weighted by Gasteiger charge is 2.45. The molecular weight excluding hydrogens is 523 g/mol. The first-order valence-corrected chi connectivity index (χ1v) is 12.4. The van der Waals surface area contributed by atoms with Gasteiger partial charge in [-0.05, 0) is 43.2 Å². The quantitative estimate of drug-likeness (QED) is 0.285. The number of aliphatic hydroxyl groups excluding tert-OH is 1. The molecule has 1 aliphatic heterocycles. The normalized spacial score (nSPS) is 15.7. The summed E-state index contributed by atoms with van der Waals surface area (Å²) in [7, 11) is 0. The summed E-state index contributed by atoms with van der Waals surface area (Å²) in [6.07, 6.45) is 2.88. The molecule has 0 saturated carbocycles. The van der Waals surface area contributed by atoms with Crippen molar-refractivity contribution in [2.45, 2.75) is 19.9 Å². The van der Waals surface area contributed by atoms with Gasteiger partial charge in [-0.1, -0.05) is 77.0 Å². The second-order valence-electron chi connectivity index (χ2n) is 7.75. The van der Waals surface area contributed by atoms with Gasteiger partial charge < -0.3 is 9.84 Å². The van der Waals surface area contributed by atoms with Crippen LogP contribution in [0.1, 0.15) is 39.5 Å². The predicted molar refractivity (Wildman–Crippen MR) is 140 cm³/mol. The first-order chi connectivity index (χ1) is 17.2. The maximum atomic E-state index is 13.3. The van der Waals surface area contributed by atoms with Crippen LogP contribution in [0.2, 0.25) is 10.0 Å². The summed E-state index contributed by atoms with van der Waals surface area (Å²) in [5.41, 5.74) is 1.42. The SMILES string of the molecule is CCOC(=O)c1sc(N2C(=O)C(O)=C(C(=O)/C=C/c3ccccc3)C2c2ccc(Cl)c(Cl)c2)nc1C. The lowest BCUT2D eigenvalue weighted by molar-refractivity contribution is -0.117. The number of hydrogen-bond donors (Lipinski definition) is 1. The van der Waals surface area contributed by atoms with E-state index in [2.05, 4.69) is 4.98 Å². The number of allylic oxidation sites excluding steroid dienone is 1. The summed E-state index contributed by atoms with van der Waals surface area (Å²) in [6, 6.07) is 12.7. The molecule has 4 rings (SSSR count). The van der Waals surface area contributed by atoms with Crippen LogP contribution in [0.4, 0.5) is 5.13 Å². The molecule has 0 bridgehead atoms. The Hall–Kier alpha value is -3.46. The van der Waals surface area contributed by atoms with Crippen molar-refractivity contribution in [3.05, 3.63) is 97.7 Å². The molecule has 36 heavy (non-hydrogen) atoms. The fourth-order valence-electron chi connectivity index (χ4n) is 3.75. The van der Waals surface area contributed by atoms with Crippen LogP contribution in [-0.2, 0) is 14.3 Å². The maximum absolute atomic E-state index is 13.3. The Labute approximate surface area is 221 Å². The maximum Gasteiger partial charge on any atom is 0.350 e. The summed E-state index contributed by atoms with van der Waals surface area (Å²) in [5, 5.41) is 11.5. The number of aliphatic hydroxyl groups is 1. The molecule has 2 aromatic carbocycles. The average Bonchev–Trinajstić information content (AvgIpc) is 3.37. The molecule has 3 aromatic rings. The number of aromatic nitrogens is 1. The monoisotopic (exact) mass is 542 g/mol. The molecule has 2 heterocycles. The molecule has 1 amide bonds. The number of rotatable bonds is 7. The summed E-state index contributed by atoms with van der Waals surface area (Å²) < 4.78 is 5.08. The van der Waals surface area contributed by atoms with Crippen molar-refractivity contribution in [2.24, 2.45) is 0 Å². The first kappa shape index (κ1) is 25.6. The van der Waals surface area contributed by atoms with Crippen LogP contribution in [0.25, 0.3) is 6.08 Å². The third-order valence-electron chi connectivity index (χ3n) is 5.41. The van der Waals surface area contributed by atoms with E-state index in [1.54, 1.807) is 26.0 Å². The van der Waals surface area contributed by atoms with Gasteiger partial charge in [-0.25, -0.2) is 9.78 Å². The van der Waals surface area contributed by atoms with Crippen LogP contribution in [-0.4, -0.2) is 34.4 Å². The van der Waals surface area contributed by atoms with Gasteiger partial charge >= 0.3 is 5.97 Å². The molecule has 1 aromatic heterocycles. The number of anilines is 1. The molecule has 0 saturated heterocycles. The molecule has 1 N–H and O–H groups in total. The molecule has 0 spiro atoms. The zero-order valence-corrected chi connectivity index (χ0v) is 21.5. The van der Waals surface area contributed by atoms with Crippen molar-refractivity contribution in [3.8, 4) is 0 Å². The number of hydrogen-bond acceptors (Lipinski definition) is 7. The number of thiazole rings is 1. The highest BCUT2D eigenvalue weighted by molar-refractivity contribution is 7.17. The summed E-state index contributed by atoms with van der Waals surface area (Å²) in [6.45, 7) is 3.47. The van der Waals surface area contributed by atoms with Crippen molar-refractivity contribution in [1.29, 1.82) is 0 Å². The number of halogens is 2. The lowest BCUT2D eigenvalue weighted by Crippen LogP contribution is -2.30. The molecule has 184 valence electrons. The van der Waals surface area contributed by atoms with Crippen LogP contribution in [0.5, 0.6) is 0 Å². The van der Waals surface area contributed by atoms with Gasteiger partial charge in [0.15, 0.2) is 16.7 Å². The molecule has 7 nitrogen and oxygen atoms in total. The average molecular weight is 543 g/mol. The van der Waals surface area contributed by atoms with E-state index in [1.165, 1.54) is 23.1 Å². The summed E-state index contributed by atoms with van der Waals surface area (Å²) in [4.78, 5) is 44.7. The topological polar surface area (TPSA) is 96.8 Å². The number of aryl methyl sites for hydroxylation is 1. The Kier molecular flexibility index (Phi) is 7.59. The van der Waals surface area contributed by atoms with Crippen LogP contribution in [0.15, 0.2) is 65.9 Å². The zero-order chi connectivity index (χ0) is 26.0. The summed E-state index contributed by atoms with van der Waals surface area (Å²) in [5.74, 6) is -2.68. The van der Waals surface area contributed by atoms with Crippen LogP contribution >= 0.6 is 34.5 Å². The Bertz CT molecular complexity index is 1410. The molecule has 1 aliphatic rings. The second kappa shape index (κ2) is 10.7. The highest BCUT2D eigenvalue weighted by Crippen LogP contribution is 2.44. The number of carbonyl (C=O) groups is 3. The van der Waals surface area contributed by atoms with Gasteiger partial charge in [0, 0.05) is 0 Å². The molecular formula is C26H20Cl2N2O5S. The number of benzene rings is 2. The van der Waals surface area contributed by atoms with E-state index in [0.717, 1.165) is 16.9 Å². The molecule has 0 fully saturated rings. The van der Waals surface area contributed by atoms with E-state index < -0.39 is 29.5 Å². The van der Waals surface area contributed by atoms with Gasteiger partial charge in [0.25, 0.3) is 5.91 Å². The smallest absolute Gasteiger partial charge is 0.350 e. The minimum Gasteiger partial charge on any atom is -0.503 e. The minimum atomic E-state index is -1.05. The van der Waals surface area contributed by atoms with Crippen LogP contribution < -0.4 is 4.90 Å². The lowest BCUT2D eigenvalue weighted by atomic mass is 9.96. The van der Waals surface area contributed by atoms with Crippen molar-refractivity contribution < 1.29 is 24.2 Å². The van der Waals surface area contributed by atoms with Gasteiger partial charge in [-0.15, -0.1) is 0 Å². The molecule has 0 radical (unpaired) electrons. The van der Waals surface area contributed by atoms with Crippen molar-refractivity contribution >= 4 is 63.4 Å². The van der Waals surface area contributed by atoms with Crippen molar-refractivity contribution in [1.82, 2.24) is 4.98 Å². The van der Waals surface area contributed by atoms with Crippen molar-refractivity contribution in [3.63, 3.8) is 0 Å². The third-order valence-corrected chi connectivity index (χ3v) is 7.29.